The van der Waals surface area contributed by atoms with Gasteiger partial charge in [0.1, 0.15) is 29.6 Å². The van der Waals surface area contributed by atoms with Crippen LogP contribution in [0.4, 0.5) is 4.39 Å². The third-order valence-corrected chi connectivity index (χ3v) is 4.41. The number of amides is 1. The standard InChI is InChI=1S/C19H22FN3O3/c1-2-17-21-10-14(11-22-17)18(24)23-8-4-7-19(25,12-23)13-26-16-6-3-5-15(20)9-16/h3,5-6,9-11,25H,2,4,7-8,12-13H2,1H3/t19-/m0/s1. The molecule has 0 unspecified atom stereocenters. The zero-order chi connectivity index (χ0) is 18.6. The predicted octanol–water partition coefficient (Wildman–Crippen LogP) is 2.22. The number of piperidine rings is 1. The van der Waals surface area contributed by atoms with Gasteiger partial charge in [0.2, 0.25) is 0 Å². The van der Waals surface area contributed by atoms with E-state index < -0.39 is 11.4 Å². The zero-order valence-electron chi connectivity index (χ0n) is 14.7. The Hall–Kier alpha value is -2.54. The maximum Gasteiger partial charge on any atom is 0.257 e. The smallest absolute Gasteiger partial charge is 0.257 e. The van der Waals surface area contributed by atoms with Crippen LogP contribution < -0.4 is 4.74 Å². The Bertz CT molecular complexity index is 769. The van der Waals surface area contributed by atoms with E-state index >= 15 is 0 Å². The third-order valence-electron chi connectivity index (χ3n) is 4.41. The number of carbonyl (C=O) groups is 1. The lowest BCUT2D eigenvalue weighted by molar-refractivity contribution is -0.0532. The molecule has 0 aliphatic carbocycles. The highest BCUT2D eigenvalue weighted by molar-refractivity contribution is 5.93. The molecule has 26 heavy (non-hydrogen) atoms. The van der Waals surface area contributed by atoms with Crippen LogP contribution in [0.5, 0.6) is 5.75 Å². The number of rotatable bonds is 5. The number of hydrogen-bond donors (Lipinski definition) is 1. The summed E-state index contributed by atoms with van der Waals surface area (Å²) in [6.45, 7) is 2.64. The first-order valence-electron chi connectivity index (χ1n) is 8.70. The molecule has 1 aromatic heterocycles. The third kappa shape index (κ3) is 4.35. The maximum absolute atomic E-state index is 13.2. The van der Waals surface area contributed by atoms with Crippen LogP contribution in [-0.2, 0) is 6.42 Å². The fourth-order valence-corrected chi connectivity index (χ4v) is 3.01. The van der Waals surface area contributed by atoms with Crippen molar-refractivity contribution in [1.29, 1.82) is 0 Å². The summed E-state index contributed by atoms with van der Waals surface area (Å²) in [5.41, 5.74) is -0.776. The minimum atomic E-state index is -1.18. The molecule has 0 saturated carbocycles. The molecule has 0 radical (unpaired) electrons. The van der Waals surface area contributed by atoms with Crippen LogP contribution in [0.1, 0.15) is 35.9 Å². The quantitative estimate of drug-likeness (QED) is 0.886. The fraction of sp³-hybridized carbons (Fsp3) is 0.421. The number of carbonyl (C=O) groups excluding carboxylic acids is 1. The van der Waals surface area contributed by atoms with E-state index in [4.69, 9.17) is 4.74 Å². The molecule has 7 heteroatoms. The van der Waals surface area contributed by atoms with Gasteiger partial charge in [-0.1, -0.05) is 13.0 Å². The first-order valence-corrected chi connectivity index (χ1v) is 8.70. The number of likely N-dealkylation sites (tertiary alicyclic amines) is 1. The van der Waals surface area contributed by atoms with Gasteiger partial charge in [-0.25, -0.2) is 14.4 Å². The Kier molecular flexibility index (Phi) is 5.46. The lowest BCUT2D eigenvalue weighted by Crippen LogP contribution is -2.53. The first-order chi connectivity index (χ1) is 12.5. The van der Waals surface area contributed by atoms with Crippen LogP contribution in [0.2, 0.25) is 0 Å². The average molecular weight is 359 g/mol. The summed E-state index contributed by atoms with van der Waals surface area (Å²) in [7, 11) is 0. The number of benzene rings is 1. The van der Waals surface area contributed by atoms with Gasteiger partial charge < -0.3 is 14.7 Å². The van der Waals surface area contributed by atoms with E-state index in [2.05, 4.69) is 9.97 Å². The second-order valence-electron chi connectivity index (χ2n) is 6.54. The van der Waals surface area contributed by atoms with E-state index in [9.17, 15) is 14.3 Å². The molecule has 138 valence electrons. The highest BCUT2D eigenvalue weighted by Crippen LogP contribution is 2.24. The van der Waals surface area contributed by atoms with Crippen LogP contribution in [0.25, 0.3) is 0 Å². The van der Waals surface area contributed by atoms with Crippen molar-refractivity contribution in [3.05, 3.63) is 53.9 Å². The van der Waals surface area contributed by atoms with Gasteiger partial charge in [0.25, 0.3) is 5.91 Å². The second kappa shape index (κ2) is 7.78. The molecule has 1 aliphatic rings. The highest BCUT2D eigenvalue weighted by Gasteiger charge is 2.36. The van der Waals surface area contributed by atoms with Gasteiger partial charge in [0.15, 0.2) is 0 Å². The van der Waals surface area contributed by atoms with Gasteiger partial charge in [-0.05, 0) is 25.0 Å². The number of aliphatic hydroxyl groups is 1. The van der Waals surface area contributed by atoms with E-state index in [1.54, 1.807) is 17.0 Å². The summed E-state index contributed by atoms with van der Waals surface area (Å²) in [4.78, 5) is 22.5. The summed E-state index contributed by atoms with van der Waals surface area (Å²) in [5.74, 6) is 0.424. The predicted molar refractivity (Wildman–Crippen MR) is 93.4 cm³/mol. The average Bonchev–Trinajstić information content (AvgIpc) is 2.66. The molecule has 0 spiro atoms. The van der Waals surface area contributed by atoms with Crippen LogP contribution in [0.3, 0.4) is 0 Å². The lowest BCUT2D eigenvalue weighted by Gasteiger charge is -2.38. The van der Waals surface area contributed by atoms with Gasteiger partial charge in [-0.2, -0.15) is 0 Å². The summed E-state index contributed by atoms with van der Waals surface area (Å²) in [5, 5.41) is 10.8. The second-order valence-corrected chi connectivity index (χ2v) is 6.54. The molecule has 1 aromatic carbocycles. The minimum Gasteiger partial charge on any atom is -0.490 e. The summed E-state index contributed by atoms with van der Waals surface area (Å²) >= 11 is 0. The zero-order valence-corrected chi connectivity index (χ0v) is 14.7. The molecule has 6 nitrogen and oxygen atoms in total. The minimum absolute atomic E-state index is 0.00843. The molecule has 2 heterocycles. The highest BCUT2D eigenvalue weighted by atomic mass is 19.1. The Balaban J connectivity index is 1.64. The van der Waals surface area contributed by atoms with E-state index in [0.29, 0.717) is 42.9 Å². The molecular weight excluding hydrogens is 337 g/mol. The Morgan fingerprint density at radius 3 is 2.85 bits per heavy atom. The molecule has 1 amide bonds. The lowest BCUT2D eigenvalue weighted by atomic mass is 9.93. The monoisotopic (exact) mass is 359 g/mol. The number of halogens is 1. The van der Waals surface area contributed by atoms with Crippen molar-refractivity contribution in [3.8, 4) is 5.75 Å². The molecule has 1 saturated heterocycles. The van der Waals surface area contributed by atoms with Gasteiger partial charge in [0, 0.05) is 31.4 Å². The van der Waals surface area contributed by atoms with Crippen molar-refractivity contribution in [2.75, 3.05) is 19.7 Å². The largest absolute Gasteiger partial charge is 0.490 e. The van der Waals surface area contributed by atoms with Crippen molar-refractivity contribution in [3.63, 3.8) is 0 Å². The van der Waals surface area contributed by atoms with Gasteiger partial charge in [0.05, 0.1) is 12.1 Å². The fourth-order valence-electron chi connectivity index (χ4n) is 3.01. The van der Waals surface area contributed by atoms with Gasteiger partial charge in [-0.3, -0.25) is 4.79 Å². The molecule has 3 rings (SSSR count). The Labute approximate surface area is 151 Å². The van der Waals surface area contributed by atoms with Crippen molar-refractivity contribution >= 4 is 5.91 Å². The number of ether oxygens (including phenoxy) is 1. The summed E-state index contributed by atoms with van der Waals surface area (Å²) < 4.78 is 18.8. The maximum atomic E-state index is 13.2. The van der Waals surface area contributed by atoms with Crippen LogP contribution in [0.15, 0.2) is 36.7 Å². The summed E-state index contributed by atoms with van der Waals surface area (Å²) in [6.07, 6.45) is 4.91. The van der Waals surface area contributed by atoms with E-state index in [1.807, 2.05) is 6.92 Å². The molecule has 2 aromatic rings. The van der Waals surface area contributed by atoms with Crippen LogP contribution in [-0.4, -0.2) is 51.2 Å². The van der Waals surface area contributed by atoms with Crippen molar-refractivity contribution in [1.82, 2.24) is 14.9 Å². The van der Waals surface area contributed by atoms with Gasteiger partial charge in [-0.15, -0.1) is 0 Å². The van der Waals surface area contributed by atoms with E-state index in [0.717, 1.165) is 0 Å². The molecular formula is C19H22FN3O3. The van der Waals surface area contributed by atoms with Crippen LogP contribution >= 0.6 is 0 Å². The molecule has 1 atom stereocenters. The van der Waals surface area contributed by atoms with E-state index in [1.165, 1.54) is 24.5 Å². The topological polar surface area (TPSA) is 75.6 Å². The summed E-state index contributed by atoms with van der Waals surface area (Å²) in [6, 6.07) is 5.77. The number of nitrogens with zero attached hydrogens (tertiary/aromatic N) is 3. The molecule has 1 aliphatic heterocycles. The van der Waals surface area contributed by atoms with E-state index in [-0.39, 0.29) is 19.1 Å². The van der Waals surface area contributed by atoms with Crippen molar-refractivity contribution in [2.24, 2.45) is 0 Å². The Morgan fingerprint density at radius 1 is 1.38 bits per heavy atom. The number of hydrogen-bond acceptors (Lipinski definition) is 5. The first kappa shape index (κ1) is 18.3. The van der Waals surface area contributed by atoms with Crippen molar-refractivity contribution < 1.29 is 19.0 Å². The number of β-amino-alcohol motifs (C(OH)–C–C–N with tert-alkyl or cyclic N) is 1. The van der Waals surface area contributed by atoms with Crippen LogP contribution in [0, 0.1) is 5.82 Å². The molecule has 1 N–H and O–H groups in total. The normalized spacial score (nSPS) is 20.0. The number of aryl methyl sites for hydroxylation is 1. The Morgan fingerprint density at radius 2 is 2.15 bits per heavy atom. The van der Waals surface area contributed by atoms with Gasteiger partial charge >= 0.3 is 0 Å². The SMILES string of the molecule is CCc1ncc(C(=O)N2CCC[C@@](O)(COc3cccc(F)c3)C2)cn1. The number of aromatic nitrogens is 2. The molecule has 1 fully saturated rings. The molecule has 0 bridgehead atoms. The van der Waals surface area contributed by atoms with Crippen molar-refractivity contribution in [2.45, 2.75) is 31.8 Å².